The molecule has 0 saturated heterocycles. The van der Waals surface area contributed by atoms with Crippen molar-refractivity contribution in [1.82, 2.24) is 0 Å². The maximum atomic E-state index is 9.84. The number of hydrogen-bond acceptors (Lipinski definition) is 3. The van der Waals surface area contributed by atoms with Gasteiger partial charge in [-0.05, 0) is 0 Å². The average Bonchev–Trinajstić information content (AvgIpc) is 1.58. The van der Waals surface area contributed by atoms with Crippen molar-refractivity contribution >= 4 is 41.5 Å². The Morgan fingerprint density at radius 3 is 1.55 bits per heavy atom. The van der Waals surface area contributed by atoms with Crippen molar-refractivity contribution in [1.29, 1.82) is 0 Å². The van der Waals surface area contributed by atoms with E-state index in [1.165, 1.54) is 0 Å². The summed E-state index contributed by atoms with van der Waals surface area (Å²) in [7, 11) is 0. The minimum absolute atomic E-state index is 0. The molecule has 0 heterocycles. The molecule has 0 aliphatic rings. The van der Waals surface area contributed by atoms with E-state index in [1.54, 1.807) is 0 Å². The summed E-state index contributed by atoms with van der Waals surface area (Å²) < 4.78 is 0. The van der Waals surface area contributed by atoms with E-state index in [0.29, 0.717) is 0 Å². The number of hydrogen-bond donors (Lipinski definition) is 3. The topological polar surface area (TPSA) is 94.8 Å². The van der Waals surface area contributed by atoms with Crippen LogP contribution in [0.2, 0.25) is 0 Å². The molecule has 0 bridgehead atoms. The first-order valence-corrected chi connectivity index (χ1v) is 2.64. The van der Waals surface area contributed by atoms with Gasteiger partial charge in [-0.1, -0.05) is 0 Å². The number of aliphatic hydroxyl groups is 1. The molecule has 0 unspecified atom stereocenters. The third kappa shape index (κ3) is 9.90. The normalized spacial score (nSPS) is 8.91. The Hall–Kier alpha value is -0.100. The molecule has 0 atom stereocenters. The molecular weight excluding hydrogens is 163 g/mol. The Kier molecular flexibility index (Phi) is 8.09. The van der Waals surface area contributed by atoms with Gasteiger partial charge in [0.25, 0.3) is 0 Å². The maximum absolute atomic E-state index is 9.84. The number of carbonyl (C=O) groups is 2. The molecule has 6 heteroatoms. The Balaban J connectivity index is 0. The van der Waals surface area contributed by atoms with Gasteiger partial charge in [-0.2, -0.15) is 0 Å². The van der Waals surface area contributed by atoms with Crippen molar-refractivity contribution in [2.75, 3.05) is 0 Å². The quantitative estimate of drug-likeness (QED) is 0.455. The molecule has 0 rings (SSSR count). The van der Waals surface area contributed by atoms with Crippen LogP contribution in [0.15, 0.2) is 0 Å². The van der Waals surface area contributed by atoms with Gasteiger partial charge >= 0.3 is 41.5 Å². The monoisotopic (exact) mass is 172 g/mol. The molecule has 0 aromatic carbocycles. The van der Waals surface area contributed by atoms with Gasteiger partial charge in [0.05, 0.1) is 18.9 Å². The van der Waals surface area contributed by atoms with E-state index in [4.69, 9.17) is 15.3 Å². The third-order valence-electron chi connectivity index (χ3n) is 0.820. The van der Waals surface area contributed by atoms with Crippen LogP contribution in [0.25, 0.3) is 0 Å². The second-order valence-electron chi connectivity index (χ2n) is 1.85. The molecular formula is C5H9NaO5. The molecule has 0 aromatic rings. The second-order valence-corrected chi connectivity index (χ2v) is 1.85. The Labute approximate surface area is 85.3 Å². The van der Waals surface area contributed by atoms with Gasteiger partial charge in [0, 0.05) is 0 Å². The molecule has 11 heavy (non-hydrogen) atoms. The van der Waals surface area contributed by atoms with Crippen molar-refractivity contribution < 1.29 is 24.9 Å². The number of aliphatic carboxylic acids is 2. The predicted molar refractivity (Wildman–Crippen MR) is 37.7 cm³/mol. The Morgan fingerprint density at radius 1 is 1.09 bits per heavy atom. The SMILES string of the molecule is O=C(O)CC(O)CC(=O)O.[NaH]. The zero-order valence-corrected chi connectivity index (χ0v) is 5.15. The molecule has 60 valence electrons. The first kappa shape index (κ1) is 13.5. The number of carboxylic acids is 2. The van der Waals surface area contributed by atoms with Gasteiger partial charge in [-0.15, -0.1) is 0 Å². The van der Waals surface area contributed by atoms with Crippen LogP contribution < -0.4 is 0 Å². The fourth-order valence-corrected chi connectivity index (χ4v) is 0.475. The van der Waals surface area contributed by atoms with Crippen LogP contribution in [0.5, 0.6) is 0 Å². The van der Waals surface area contributed by atoms with E-state index in [1.807, 2.05) is 0 Å². The van der Waals surface area contributed by atoms with E-state index in [0.717, 1.165) is 0 Å². The molecule has 0 spiro atoms. The summed E-state index contributed by atoms with van der Waals surface area (Å²) in [6.07, 6.45) is -2.33. The summed E-state index contributed by atoms with van der Waals surface area (Å²) >= 11 is 0. The van der Waals surface area contributed by atoms with Crippen LogP contribution in [0.4, 0.5) is 0 Å². The summed E-state index contributed by atoms with van der Waals surface area (Å²) in [6, 6.07) is 0. The van der Waals surface area contributed by atoms with Gasteiger partial charge in [0.15, 0.2) is 0 Å². The summed E-state index contributed by atoms with van der Waals surface area (Å²) in [5.41, 5.74) is 0. The Morgan fingerprint density at radius 2 is 1.36 bits per heavy atom. The molecule has 5 nitrogen and oxygen atoms in total. The van der Waals surface area contributed by atoms with Gasteiger partial charge in [0.1, 0.15) is 0 Å². The second kappa shape index (κ2) is 6.60. The molecule has 0 amide bonds. The Bertz CT molecular complexity index is 130. The summed E-state index contributed by atoms with van der Waals surface area (Å²) in [5, 5.41) is 24.7. The number of aliphatic hydroxyl groups excluding tert-OH is 1. The van der Waals surface area contributed by atoms with Crippen LogP contribution in [0.3, 0.4) is 0 Å². The van der Waals surface area contributed by atoms with Gasteiger partial charge in [-0.25, -0.2) is 0 Å². The fourth-order valence-electron chi connectivity index (χ4n) is 0.475. The van der Waals surface area contributed by atoms with Gasteiger partial charge in [-0.3, -0.25) is 9.59 Å². The zero-order chi connectivity index (χ0) is 8.15. The van der Waals surface area contributed by atoms with Crippen LogP contribution >= 0.6 is 0 Å². The van der Waals surface area contributed by atoms with Crippen LogP contribution in [0.1, 0.15) is 12.8 Å². The van der Waals surface area contributed by atoms with Gasteiger partial charge < -0.3 is 15.3 Å². The van der Waals surface area contributed by atoms with E-state index in [9.17, 15) is 9.59 Å². The molecule has 0 aromatic heterocycles. The fraction of sp³-hybridized carbons (Fsp3) is 0.600. The zero-order valence-electron chi connectivity index (χ0n) is 5.15. The van der Waals surface area contributed by atoms with E-state index in [-0.39, 0.29) is 29.6 Å². The molecule has 0 saturated carbocycles. The number of carboxylic acid groups (broad SMARTS) is 2. The summed E-state index contributed by atoms with van der Waals surface area (Å²) in [4.78, 5) is 19.7. The average molecular weight is 172 g/mol. The van der Waals surface area contributed by atoms with Crippen LogP contribution in [0, 0.1) is 0 Å². The van der Waals surface area contributed by atoms with Crippen molar-refractivity contribution in [3.63, 3.8) is 0 Å². The minimum atomic E-state index is -1.28. The molecule has 0 aliphatic carbocycles. The van der Waals surface area contributed by atoms with Crippen molar-refractivity contribution in [2.24, 2.45) is 0 Å². The third-order valence-corrected chi connectivity index (χ3v) is 0.820. The van der Waals surface area contributed by atoms with E-state index < -0.39 is 30.9 Å². The summed E-state index contributed by atoms with van der Waals surface area (Å²) in [5.74, 6) is -2.40. The summed E-state index contributed by atoms with van der Waals surface area (Å²) in [6.45, 7) is 0. The predicted octanol–water partition coefficient (Wildman–Crippen LogP) is -1.35. The van der Waals surface area contributed by atoms with Crippen LogP contribution in [-0.2, 0) is 9.59 Å². The first-order chi connectivity index (χ1) is 4.52. The molecule has 3 N–H and O–H groups in total. The molecule has 0 aliphatic heterocycles. The standard InChI is InChI=1S/C5H8O5.Na.H/c6-3(1-4(7)8)2-5(9)10;;/h3,6H,1-2H2,(H,7,8)(H,9,10);;. The van der Waals surface area contributed by atoms with E-state index >= 15 is 0 Å². The van der Waals surface area contributed by atoms with Crippen molar-refractivity contribution in [2.45, 2.75) is 18.9 Å². The number of rotatable bonds is 4. The van der Waals surface area contributed by atoms with Crippen molar-refractivity contribution in [3.05, 3.63) is 0 Å². The first-order valence-electron chi connectivity index (χ1n) is 2.64. The van der Waals surface area contributed by atoms with Crippen LogP contribution in [-0.4, -0.2) is 62.9 Å². The van der Waals surface area contributed by atoms with Gasteiger partial charge in [0.2, 0.25) is 0 Å². The molecule has 0 radical (unpaired) electrons. The van der Waals surface area contributed by atoms with E-state index in [2.05, 4.69) is 0 Å². The molecule has 0 fully saturated rings. The van der Waals surface area contributed by atoms with Crippen molar-refractivity contribution in [3.8, 4) is 0 Å².